The third-order valence-corrected chi connectivity index (χ3v) is 2.70. The highest BCUT2D eigenvalue weighted by Gasteiger charge is 2.36. The Labute approximate surface area is 72.5 Å². The SMILES string of the molecule is O=C1CCC[C@@]2(CCCCO2)N1. The zero-order chi connectivity index (χ0) is 8.44. The molecule has 2 saturated heterocycles. The summed E-state index contributed by atoms with van der Waals surface area (Å²) in [6.45, 7) is 0.806. The van der Waals surface area contributed by atoms with E-state index in [4.69, 9.17) is 4.74 Å². The van der Waals surface area contributed by atoms with Gasteiger partial charge in [0.1, 0.15) is 5.72 Å². The van der Waals surface area contributed by atoms with Crippen LogP contribution in [0, 0.1) is 0 Å². The maximum absolute atomic E-state index is 11.1. The third-order valence-electron chi connectivity index (χ3n) is 2.70. The van der Waals surface area contributed by atoms with Crippen molar-refractivity contribution < 1.29 is 9.53 Å². The highest BCUT2D eigenvalue weighted by atomic mass is 16.5. The van der Waals surface area contributed by atoms with Crippen molar-refractivity contribution in [2.45, 2.75) is 44.2 Å². The van der Waals surface area contributed by atoms with Crippen LogP contribution in [0.4, 0.5) is 0 Å². The monoisotopic (exact) mass is 169 g/mol. The number of amides is 1. The summed E-state index contributed by atoms with van der Waals surface area (Å²) in [7, 11) is 0. The van der Waals surface area contributed by atoms with Crippen LogP contribution in [-0.2, 0) is 9.53 Å². The number of nitrogens with one attached hydrogen (secondary N) is 1. The van der Waals surface area contributed by atoms with Crippen LogP contribution in [0.3, 0.4) is 0 Å². The summed E-state index contributed by atoms with van der Waals surface area (Å²) in [4.78, 5) is 11.1. The van der Waals surface area contributed by atoms with Gasteiger partial charge in [-0.15, -0.1) is 0 Å². The standard InChI is InChI=1S/C9H15NO2/c11-8-4-3-6-9(10-8)5-1-2-7-12-9/h1-7H2,(H,10,11)/t9-/m0/s1. The second-order valence-electron chi connectivity index (χ2n) is 3.70. The van der Waals surface area contributed by atoms with Crippen molar-refractivity contribution in [3.63, 3.8) is 0 Å². The van der Waals surface area contributed by atoms with Crippen LogP contribution in [-0.4, -0.2) is 18.2 Å². The first-order valence-corrected chi connectivity index (χ1v) is 4.76. The summed E-state index contributed by atoms with van der Waals surface area (Å²) in [5, 5.41) is 2.97. The number of piperidine rings is 1. The molecule has 0 aliphatic carbocycles. The second kappa shape index (κ2) is 3.05. The Hall–Kier alpha value is -0.570. The van der Waals surface area contributed by atoms with Gasteiger partial charge in [0, 0.05) is 13.0 Å². The Kier molecular flexibility index (Phi) is 2.05. The number of hydrogen-bond donors (Lipinski definition) is 1. The van der Waals surface area contributed by atoms with Crippen molar-refractivity contribution in [3.05, 3.63) is 0 Å². The maximum atomic E-state index is 11.1. The minimum Gasteiger partial charge on any atom is -0.356 e. The molecule has 0 saturated carbocycles. The molecule has 2 aliphatic rings. The summed E-state index contributed by atoms with van der Waals surface area (Å²) >= 11 is 0. The van der Waals surface area contributed by atoms with Crippen LogP contribution in [0.25, 0.3) is 0 Å². The highest BCUT2D eigenvalue weighted by molar-refractivity contribution is 5.77. The van der Waals surface area contributed by atoms with Gasteiger partial charge in [-0.3, -0.25) is 4.79 Å². The van der Waals surface area contributed by atoms with Crippen LogP contribution in [0.15, 0.2) is 0 Å². The molecule has 1 N–H and O–H groups in total. The molecule has 2 aliphatic heterocycles. The van der Waals surface area contributed by atoms with E-state index in [1.54, 1.807) is 0 Å². The van der Waals surface area contributed by atoms with Gasteiger partial charge in [-0.1, -0.05) is 0 Å². The lowest BCUT2D eigenvalue weighted by Crippen LogP contribution is -2.54. The van der Waals surface area contributed by atoms with Gasteiger partial charge in [-0.05, 0) is 32.1 Å². The summed E-state index contributed by atoms with van der Waals surface area (Å²) < 4.78 is 5.64. The molecule has 1 atom stereocenters. The molecule has 0 aromatic rings. The molecule has 3 nitrogen and oxygen atoms in total. The van der Waals surface area contributed by atoms with Crippen molar-refractivity contribution in [3.8, 4) is 0 Å². The van der Waals surface area contributed by atoms with Crippen molar-refractivity contribution in [1.29, 1.82) is 0 Å². The fraction of sp³-hybridized carbons (Fsp3) is 0.889. The predicted octanol–water partition coefficient (Wildman–Crippen LogP) is 1.18. The summed E-state index contributed by atoms with van der Waals surface area (Å²) in [5.41, 5.74) is -0.270. The van der Waals surface area contributed by atoms with Gasteiger partial charge in [-0.2, -0.15) is 0 Å². The first-order chi connectivity index (χ1) is 5.81. The molecule has 0 radical (unpaired) electrons. The molecule has 2 rings (SSSR count). The van der Waals surface area contributed by atoms with E-state index in [1.165, 1.54) is 6.42 Å². The Balaban J connectivity index is 2.02. The van der Waals surface area contributed by atoms with Crippen LogP contribution >= 0.6 is 0 Å². The first kappa shape index (κ1) is 8.05. The largest absolute Gasteiger partial charge is 0.356 e. The molecule has 0 bridgehead atoms. The minimum absolute atomic E-state index is 0.156. The highest BCUT2D eigenvalue weighted by Crippen LogP contribution is 2.30. The van der Waals surface area contributed by atoms with Crippen LogP contribution in [0.2, 0.25) is 0 Å². The number of carbonyl (C=O) groups is 1. The molecular weight excluding hydrogens is 154 g/mol. The van der Waals surface area contributed by atoms with E-state index in [9.17, 15) is 4.79 Å². The van der Waals surface area contributed by atoms with E-state index in [-0.39, 0.29) is 11.6 Å². The van der Waals surface area contributed by atoms with Crippen LogP contribution in [0.1, 0.15) is 38.5 Å². The Morgan fingerprint density at radius 3 is 2.75 bits per heavy atom. The van der Waals surface area contributed by atoms with Crippen molar-refractivity contribution in [2.75, 3.05) is 6.61 Å². The van der Waals surface area contributed by atoms with Gasteiger partial charge in [-0.25, -0.2) is 0 Å². The van der Waals surface area contributed by atoms with Gasteiger partial charge in [0.2, 0.25) is 5.91 Å². The second-order valence-corrected chi connectivity index (χ2v) is 3.70. The number of carbonyl (C=O) groups excluding carboxylic acids is 1. The molecule has 0 aromatic carbocycles. The molecule has 1 amide bonds. The van der Waals surface area contributed by atoms with E-state index in [0.717, 1.165) is 32.3 Å². The Morgan fingerprint density at radius 2 is 2.08 bits per heavy atom. The normalized spacial score (nSPS) is 36.5. The fourth-order valence-electron chi connectivity index (χ4n) is 2.06. The summed E-state index contributed by atoms with van der Waals surface area (Å²) in [6, 6.07) is 0. The van der Waals surface area contributed by atoms with Crippen molar-refractivity contribution in [1.82, 2.24) is 5.32 Å². The number of ether oxygens (including phenoxy) is 1. The van der Waals surface area contributed by atoms with E-state index in [1.807, 2.05) is 0 Å². The number of rotatable bonds is 0. The molecule has 2 fully saturated rings. The van der Waals surface area contributed by atoms with Crippen LogP contribution in [0.5, 0.6) is 0 Å². The average molecular weight is 169 g/mol. The quantitative estimate of drug-likeness (QED) is 0.591. The molecule has 0 unspecified atom stereocenters. The molecule has 2 heterocycles. The Bertz CT molecular complexity index is 179. The lowest BCUT2D eigenvalue weighted by Gasteiger charge is -2.40. The van der Waals surface area contributed by atoms with E-state index in [2.05, 4.69) is 5.32 Å². The van der Waals surface area contributed by atoms with Gasteiger partial charge >= 0.3 is 0 Å². The molecule has 0 aromatic heterocycles. The summed E-state index contributed by atoms with van der Waals surface area (Å²) in [5.74, 6) is 0.156. The van der Waals surface area contributed by atoms with E-state index in [0.29, 0.717) is 6.42 Å². The zero-order valence-corrected chi connectivity index (χ0v) is 7.27. The topological polar surface area (TPSA) is 38.3 Å². The van der Waals surface area contributed by atoms with E-state index < -0.39 is 0 Å². The minimum atomic E-state index is -0.270. The smallest absolute Gasteiger partial charge is 0.222 e. The van der Waals surface area contributed by atoms with Crippen molar-refractivity contribution >= 4 is 5.91 Å². The lowest BCUT2D eigenvalue weighted by molar-refractivity contribution is -0.150. The fourth-order valence-corrected chi connectivity index (χ4v) is 2.06. The molecular formula is C9H15NO2. The first-order valence-electron chi connectivity index (χ1n) is 4.76. The van der Waals surface area contributed by atoms with Gasteiger partial charge in [0.05, 0.1) is 0 Å². The van der Waals surface area contributed by atoms with Crippen LogP contribution < -0.4 is 5.32 Å². The zero-order valence-electron chi connectivity index (χ0n) is 7.27. The third kappa shape index (κ3) is 1.46. The van der Waals surface area contributed by atoms with Gasteiger partial charge in [0.15, 0.2) is 0 Å². The number of hydrogen-bond acceptors (Lipinski definition) is 2. The van der Waals surface area contributed by atoms with Crippen molar-refractivity contribution in [2.24, 2.45) is 0 Å². The van der Waals surface area contributed by atoms with Gasteiger partial charge in [0.25, 0.3) is 0 Å². The van der Waals surface area contributed by atoms with Gasteiger partial charge < -0.3 is 10.1 Å². The molecule has 12 heavy (non-hydrogen) atoms. The Morgan fingerprint density at radius 1 is 1.25 bits per heavy atom. The molecule has 68 valence electrons. The van der Waals surface area contributed by atoms with E-state index >= 15 is 0 Å². The molecule has 1 spiro atoms. The predicted molar refractivity (Wildman–Crippen MR) is 44.5 cm³/mol. The summed E-state index contributed by atoms with van der Waals surface area (Å²) in [6.07, 6.45) is 5.96. The lowest BCUT2D eigenvalue weighted by atomic mass is 9.93. The average Bonchev–Trinajstić information content (AvgIpc) is 2.05. The molecule has 3 heteroatoms. The maximum Gasteiger partial charge on any atom is 0.222 e.